The summed E-state index contributed by atoms with van der Waals surface area (Å²) in [5.74, 6) is -1.09. The number of aliphatic hydroxyl groups is 1. The number of H-pyrrole nitrogens is 1. The minimum atomic E-state index is -1.22. The number of nitrogens with one attached hydrogen (secondary N) is 1. The van der Waals surface area contributed by atoms with Crippen LogP contribution in [0.15, 0.2) is 15.8 Å². The predicted molar refractivity (Wildman–Crippen MR) is 44.3 cm³/mol. The molecule has 0 radical (unpaired) electrons. The first-order valence-corrected chi connectivity index (χ1v) is 3.74. The van der Waals surface area contributed by atoms with Gasteiger partial charge < -0.3 is 9.84 Å². The third-order valence-electron chi connectivity index (χ3n) is 1.59. The van der Waals surface area contributed by atoms with Crippen LogP contribution in [0.3, 0.4) is 0 Å². The second kappa shape index (κ2) is 4.16. The number of aromatic nitrogens is 2. The van der Waals surface area contributed by atoms with Gasteiger partial charge in [-0.15, -0.1) is 0 Å². The molecule has 0 aliphatic heterocycles. The van der Waals surface area contributed by atoms with Gasteiger partial charge in [0.15, 0.2) is 6.29 Å². The number of hydrogen-bond donors (Lipinski definition) is 2. The van der Waals surface area contributed by atoms with Gasteiger partial charge in [-0.3, -0.25) is 14.3 Å². The Labute approximate surface area is 77.6 Å². The third kappa shape index (κ3) is 2.27. The van der Waals surface area contributed by atoms with Crippen LogP contribution in [0.4, 0.5) is 4.39 Å². The molecule has 0 fully saturated rings. The lowest BCUT2D eigenvalue weighted by Crippen LogP contribution is -2.34. The molecule has 1 rings (SSSR count). The van der Waals surface area contributed by atoms with Crippen LogP contribution in [-0.4, -0.2) is 28.1 Å². The van der Waals surface area contributed by atoms with E-state index >= 15 is 0 Å². The Morgan fingerprint density at radius 2 is 2.36 bits per heavy atom. The molecule has 0 saturated carbocycles. The van der Waals surface area contributed by atoms with Crippen molar-refractivity contribution in [3.63, 3.8) is 0 Å². The zero-order chi connectivity index (χ0) is 10.7. The van der Waals surface area contributed by atoms with E-state index in [0.717, 1.165) is 4.57 Å². The number of aliphatic hydroxyl groups excluding tert-OH is 1. The van der Waals surface area contributed by atoms with Crippen molar-refractivity contribution in [3.8, 4) is 0 Å². The van der Waals surface area contributed by atoms with E-state index in [1.165, 1.54) is 7.11 Å². The molecule has 1 unspecified atom stereocenters. The predicted octanol–water partition coefficient (Wildman–Crippen LogP) is -1.36. The Kier molecular flexibility index (Phi) is 3.15. The maximum Gasteiger partial charge on any atom is 0.328 e. The van der Waals surface area contributed by atoms with Crippen LogP contribution in [0.5, 0.6) is 0 Å². The first-order valence-electron chi connectivity index (χ1n) is 3.74. The molecular weight excluding hydrogens is 195 g/mol. The summed E-state index contributed by atoms with van der Waals surface area (Å²) in [6.07, 6.45) is -0.512. The summed E-state index contributed by atoms with van der Waals surface area (Å²) in [6.45, 7) is -0.247. The zero-order valence-electron chi connectivity index (χ0n) is 7.36. The summed E-state index contributed by atoms with van der Waals surface area (Å²) < 4.78 is 18.0. The smallest absolute Gasteiger partial charge is 0.328 e. The highest BCUT2D eigenvalue weighted by atomic mass is 19.1. The largest absolute Gasteiger partial charge is 0.366 e. The molecule has 1 atom stereocenters. The number of aromatic amines is 1. The van der Waals surface area contributed by atoms with E-state index in [2.05, 4.69) is 4.74 Å². The lowest BCUT2D eigenvalue weighted by atomic mass is 10.5. The first kappa shape index (κ1) is 10.6. The Balaban J connectivity index is 3.04. The van der Waals surface area contributed by atoms with E-state index in [4.69, 9.17) is 5.11 Å². The van der Waals surface area contributed by atoms with Crippen molar-refractivity contribution in [2.75, 3.05) is 7.11 Å². The second-order valence-corrected chi connectivity index (χ2v) is 2.58. The van der Waals surface area contributed by atoms with Crippen LogP contribution >= 0.6 is 0 Å². The number of nitrogens with zero attached hydrogens (tertiary/aromatic N) is 1. The maximum atomic E-state index is 12.7. The minimum absolute atomic E-state index is 0.247. The van der Waals surface area contributed by atoms with Crippen LogP contribution in [0.1, 0.15) is 0 Å². The highest BCUT2D eigenvalue weighted by molar-refractivity contribution is 4.87. The van der Waals surface area contributed by atoms with Crippen molar-refractivity contribution < 1.29 is 14.2 Å². The SMILES string of the molecule is COC(O)Cn1cc(F)c(=O)[nH]c1=O. The molecule has 1 aromatic heterocycles. The molecule has 6 nitrogen and oxygen atoms in total. The molecule has 0 spiro atoms. The molecule has 78 valence electrons. The average molecular weight is 204 g/mol. The van der Waals surface area contributed by atoms with E-state index in [0.29, 0.717) is 6.20 Å². The van der Waals surface area contributed by atoms with Gasteiger partial charge in [0.05, 0.1) is 12.7 Å². The van der Waals surface area contributed by atoms with Gasteiger partial charge in [0.25, 0.3) is 5.56 Å². The number of ether oxygens (including phenoxy) is 1. The lowest BCUT2D eigenvalue weighted by molar-refractivity contribution is -0.0842. The Morgan fingerprint density at radius 3 is 2.93 bits per heavy atom. The monoisotopic (exact) mass is 204 g/mol. The van der Waals surface area contributed by atoms with Crippen LogP contribution in [-0.2, 0) is 11.3 Å². The molecule has 0 aromatic carbocycles. The van der Waals surface area contributed by atoms with Gasteiger partial charge in [-0.25, -0.2) is 4.79 Å². The summed E-state index contributed by atoms with van der Waals surface area (Å²) in [5.41, 5.74) is -1.88. The lowest BCUT2D eigenvalue weighted by Gasteiger charge is -2.09. The average Bonchev–Trinajstić information content (AvgIpc) is 2.14. The van der Waals surface area contributed by atoms with Gasteiger partial charge in [-0.05, 0) is 0 Å². The van der Waals surface area contributed by atoms with E-state index < -0.39 is 23.4 Å². The second-order valence-electron chi connectivity index (χ2n) is 2.58. The molecule has 0 bridgehead atoms. The van der Waals surface area contributed by atoms with Gasteiger partial charge in [-0.2, -0.15) is 4.39 Å². The summed E-state index contributed by atoms with van der Waals surface area (Å²) >= 11 is 0. The number of methoxy groups -OCH3 is 1. The normalized spacial score (nSPS) is 12.8. The van der Waals surface area contributed by atoms with E-state index in [-0.39, 0.29) is 6.54 Å². The maximum absolute atomic E-state index is 12.7. The fraction of sp³-hybridized carbons (Fsp3) is 0.429. The van der Waals surface area contributed by atoms with Crippen molar-refractivity contribution in [2.24, 2.45) is 0 Å². The Bertz CT molecular complexity index is 424. The van der Waals surface area contributed by atoms with E-state index in [1.807, 2.05) is 0 Å². The summed E-state index contributed by atoms with van der Waals surface area (Å²) in [6, 6.07) is 0. The summed E-state index contributed by atoms with van der Waals surface area (Å²) in [4.78, 5) is 23.4. The van der Waals surface area contributed by atoms with Gasteiger partial charge in [0, 0.05) is 7.11 Å². The fourth-order valence-corrected chi connectivity index (χ4v) is 0.861. The summed E-state index contributed by atoms with van der Waals surface area (Å²) in [7, 11) is 1.23. The van der Waals surface area contributed by atoms with Crippen molar-refractivity contribution in [1.29, 1.82) is 0 Å². The van der Waals surface area contributed by atoms with E-state index in [1.54, 1.807) is 4.98 Å². The highest BCUT2D eigenvalue weighted by Crippen LogP contribution is 1.89. The number of hydrogen-bond acceptors (Lipinski definition) is 4. The van der Waals surface area contributed by atoms with Crippen LogP contribution in [0.2, 0.25) is 0 Å². The van der Waals surface area contributed by atoms with E-state index in [9.17, 15) is 14.0 Å². The van der Waals surface area contributed by atoms with Gasteiger partial charge in [0.1, 0.15) is 0 Å². The molecule has 0 saturated heterocycles. The molecule has 0 aliphatic carbocycles. The molecule has 1 aromatic rings. The third-order valence-corrected chi connectivity index (χ3v) is 1.59. The Hall–Kier alpha value is -1.47. The van der Waals surface area contributed by atoms with Crippen molar-refractivity contribution in [2.45, 2.75) is 12.8 Å². The Morgan fingerprint density at radius 1 is 1.71 bits per heavy atom. The quantitative estimate of drug-likeness (QED) is 0.595. The molecule has 7 heteroatoms. The van der Waals surface area contributed by atoms with Crippen molar-refractivity contribution in [1.82, 2.24) is 9.55 Å². The standard InChI is InChI=1S/C7H9FN2O4/c1-14-5(11)3-10-2-4(8)6(12)9-7(10)13/h2,5,11H,3H2,1H3,(H,9,12,13). The molecule has 0 amide bonds. The molecule has 1 heterocycles. The molecule has 14 heavy (non-hydrogen) atoms. The number of rotatable bonds is 3. The summed E-state index contributed by atoms with van der Waals surface area (Å²) in [5, 5.41) is 9.00. The fourth-order valence-electron chi connectivity index (χ4n) is 0.861. The topological polar surface area (TPSA) is 84.3 Å². The van der Waals surface area contributed by atoms with Gasteiger partial charge >= 0.3 is 5.69 Å². The minimum Gasteiger partial charge on any atom is -0.366 e. The molecule has 2 N–H and O–H groups in total. The zero-order valence-corrected chi connectivity index (χ0v) is 7.36. The first-order chi connectivity index (χ1) is 6.54. The van der Waals surface area contributed by atoms with Crippen molar-refractivity contribution >= 4 is 0 Å². The molecular formula is C7H9FN2O4. The van der Waals surface area contributed by atoms with Crippen molar-refractivity contribution in [3.05, 3.63) is 32.9 Å². The van der Waals surface area contributed by atoms with Crippen LogP contribution in [0.25, 0.3) is 0 Å². The van der Waals surface area contributed by atoms with Crippen LogP contribution in [0, 0.1) is 5.82 Å². The number of halogens is 1. The molecule has 0 aliphatic rings. The van der Waals surface area contributed by atoms with Gasteiger partial charge in [-0.1, -0.05) is 0 Å². The highest BCUT2D eigenvalue weighted by Gasteiger charge is 2.07. The van der Waals surface area contributed by atoms with Crippen LogP contribution < -0.4 is 11.2 Å². The van der Waals surface area contributed by atoms with Gasteiger partial charge in [0.2, 0.25) is 5.82 Å².